The maximum absolute atomic E-state index is 6.19. The Hall–Kier alpha value is -2.49. The molecule has 1 atom stereocenters. The lowest BCUT2D eigenvalue weighted by Crippen LogP contribution is -2.26. The summed E-state index contributed by atoms with van der Waals surface area (Å²) in [6.45, 7) is 2.95. The summed E-state index contributed by atoms with van der Waals surface area (Å²) in [7, 11) is 0. The fourth-order valence-corrected chi connectivity index (χ4v) is 4.16. The Morgan fingerprint density at radius 2 is 1.92 bits per heavy atom. The van der Waals surface area contributed by atoms with Crippen molar-refractivity contribution < 1.29 is 0 Å². The lowest BCUT2D eigenvalue weighted by atomic mass is 9.90. The van der Waals surface area contributed by atoms with Crippen molar-refractivity contribution in [1.82, 2.24) is 0 Å². The molecule has 0 bridgehead atoms. The molecule has 2 aromatic carbocycles. The van der Waals surface area contributed by atoms with E-state index in [1.54, 1.807) is 0 Å². The highest BCUT2D eigenvalue weighted by atomic mass is 15.2. The topological polar surface area (TPSA) is 53.6 Å². The fraction of sp³-hybridized carbons (Fsp3) is 0.409. The van der Waals surface area contributed by atoms with Gasteiger partial charge in [-0.25, -0.2) is 0 Å². The summed E-state index contributed by atoms with van der Waals surface area (Å²) < 4.78 is 0. The first-order valence-corrected chi connectivity index (χ1v) is 9.77. The number of benzene rings is 2. The molecule has 1 saturated heterocycles. The number of aliphatic imine (C=N–C) groups is 1. The summed E-state index contributed by atoms with van der Waals surface area (Å²) >= 11 is 0. The Kier molecular flexibility index (Phi) is 5.09. The standard InChI is InChI=1S/C22H28N4/c23-22(25-21-12-6-8-18-7-4-5-11-20(18)21)24-15-17-13-14-26(16-17)19-9-2-1-3-10-19/h1-3,6,8-10,12,17H,4-5,7,11,13-16H2,(H3,23,24,25). The smallest absolute Gasteiger partial charge is 0.193 e. The number of fused-ring (bicyclic) bond motifs is 1. The molecular formula is C22H28N4. The van der Waals surface area contributed by atoms with Crippen LogP contribution in [0.25, 0.3) is 0 Å². The molecule has 0 aromatic heterocycles. The van der Waals surface area contributed by atoms with Crippen LogP contribution in [0.15, 0.2) is 53.5 Å². The Balaban J connectivity index is 1.35. The minimum atomic E-state index is 0.544. The average molecular weight is 348 g/mol. The number of hydrogen-bond donors (Lipinski definition) is 2. The molecule has 1 fully saturated rings. The molecule has 4 heteroatoms. The first-order chi connectivity index (χ1) is 12.8. The zero-order valence-electron chi connectivity index (χ0n) is 15.3. The van der Waals surface area contributed by atoms with E-state index in [2.05, 4.69) is 63.7 Å². The molecule has 1 aliphatic carbocycles. The van der Waals surface area contributed by atoms with E-state index in [0.717, 1.165) is 31.7 Å². The van der Waals surface area contributed by atoms with Crippen LogP contribution >= 0.6 is 0 Å². The molecule has 136 valence electrons. The molecule has 3 N–H and O–H groups in total. The Morgan fingerprint density at radius 1 is 1.08 bits per heavy atom. The molecule has 0 saturated carbocycles. The highest BCUT2D eigenvalue weighted by molar-refractivity contribution is 5.93. The monoisotopic (exact) mass is 348 g/mol. The van der Waals surface area contributed by atoms with Crippen molar-refractivity contribution in [3.8, 4) is 0 Å². The van der Waals surface area contributed by atoms with Gasteiger partial charge in [0.1, 0.15) is 0 Å². The van der Waals surface area contributed by atoms with E-state index in [-0.39, 0.29) is 0 Å². The first kappa shape index (κ1) is 17.0. The second kappa shape index (κ2) is 7.81. The van der Waals surface area contributed by atoms with Gasteiger partial charge in [-0.05, 0) is 67.3 Å². The van der Waals surface area contributed by atoms with Crippen LogP contribution in [0.5, 0.6) is 0 Å². The van der Waals surface area contributed by atoms with Gasteiger partial charge in [-0.3, -0.25) is 4.99 Å². The zero-order valence-corrected chi connectivity index (χ0v) is 15.3. The van der Waals surface area contributed by atoms with Crippen molar-refractivity contribution in [2.24, 2.45) is 16.6 Å². The number of aryl methyl sites for hydroxylation is 1. The van der Waals surface area contributed by atoms with Gasteiger partial charge in [-0.15, -0.1) is 0 Å². The highest BCUT2D eigenvalue weighted by Crippen LogP contribution is 2.28. The maximum Gasteiger partial charge on any atom is 0.193 e. The van der Waals surface area contributed by atoms with Gasteiger partial charge in [-0.1, -0.05) is 30.3 Å². The molecule has 1 aliphatic heterocycles. The van der Waals surface area contributed by atoms with Crippen LogP contribution in [-0.2, 0) is 12.8 Å². The summed E-state index contributed by atoms with van der Waals surface area (Å²) in [4.78, 5) is 7.08. The van der Waals surface area contributed by atoms with Crippen LogP contribution in [0.1, 0.15) is 30.4 Å². The van der Waals surface area contributed by atoms with Crippen molar-refractivity contribution >= 4 is 17.3 Å². The zero-order chi connectivity index (χ0) is 17.8. The summed E-state index contributed by atoms with van der Waals surface area (Å²) in [5, 5.41) is 3.35. The van der Waals surface area contributed by atoms with Crippen molar-refractivity contribution in [2.45, 2.75) is 32.1 Å². The summed E-state index contributed by atoms with van der Waals surface area (Å²) in [5.41, 5.74) is 11.5. The fourth-order valence-electron chi connectivity index (χ4n) is 4.16. The number of nitrogens with zero attached hydrogens (tertiary/aromatic N) is 2. The second-order valence-electron chi connectivity index (χ2n) is 7.44. The van der Waals surface area contributed by atoms with Gasteiger partial charge < -0.3 is 16.0 Å². The summed E-state index contributed by atoms with van der Waals surface area (Å²) in [5.74, 6) is 1.11. The highest BCUT2D eigenvalue weighted by Gasteiger charge is 2.22. The van der Waals surface area contributed by atoms with Crippen LogP contribution in [0.4, 0.5) is 11.4 Å². The van der Waals surface area contributed by atoms with Crippen molar-refractivity contribution in [3.05, 3.63) is 59.7 Å². The van der Waals surface area contributed by atoms with Crippen molar-refractivity contribution in [1.29, 1.82) is 0 Å². The van der Waals surface area contributed by atoms with E-state index >= 15 is 0 Å². The normalized spacial score (nSPS) is 20.1. The third-order valence-corrected chi connectivity index (χ3v) is 5.59. The molecule has 0 spiro atoms. The average Bonchev–Trinajstić information content (AvgIpc) is 3.17. The number of nitrogens with two attached hydrogens (primary N) is 1. The van der Waals surface area contributed by atoms with E-state index < -0.39 is 0 Å². The first-order valence-electron chi connectivity index (χ1n) is 9.77. The van der Waals surface area contributed by atoms with Crippen LogP contribution < -0.4 is 16.0 Å². The predicted octanol–water partition coefficient (Wildman–Crippen LogP) is 3.82. The summed E-state index contributed by atoms with van der Waals surface area (Å²) in [6, 6.07) is 17.1. The molecule has 0 amide bonds. The Labute approximate surface area is 156 Å². The molecule has 26 heavy (non-hydrogen) atoms. The number of nitrogens with one attached hydrogen (secondary N) is 1. The van der Waals surface area contributed by atoms with Crippen LogP contribution in [0, 0.1) is 5.92 Å². The molecule has 1 heterocycles. The van der Waals surface area contributed by atoms with E-state index in [1.165, 1.54) is 42.5 Å². The number of para-hydroxylation sites is 1. The van der Waals surface area contributed by atoms with E-state index in [9.17, 15) is 0 Å². The number of hydrogen-bond acceptors (Lipinski definition) is 2. The predicted molar refractivity (Wildman–Crippen MR) is 110 cm³/mol. The van der Waals surface area contributed by atoms with Gasteiger partial charge in [0.2, 0.25) is 0 Å². The minimum Gasteiger partial charge on any atom is -0.371 e. The minimum absolute atomic E-state index is 0.544. The molecule has 1 unspecified atom stereocenters. The number of anilines is 2. The van der Waals surface area contributed by atoms with Gasteiger partial charge in [0, 0.05) is 31.0 Å². The molecule has 2 aromatic rings. The van der Waals surface area contributed by atoms with Crippen LogP contribution in [-0.4, -0.2) is 25.6 Å². The van der Waals surface area contributed by atoms with E-state index in [0.29, 0.717) is 11.9 Å². The lowest BCUT2D eigenvalue weighted by molar-refractivity contribution is 0.603. The SMILES string of the molecule is NC(=NCC1CCN(c2ccccc2)C1)Nc1cccc2c1CCCC2. The molecule has 4 rings (SSSR count). The van der Waals surface area contributed by atoms with Gasteiger partial charge in [-0.2, -0.15) is 0 Å². The van der Waals surface area contributed by atoms with Gasteiger partial charge >= 0.3 is 0 Å². The Morgan fingerprint density at radius 3 is 2.81 bits per heavy atom. The number of rotatable bonds is 4. The van der Waals surface area contributed by atoms with Gasteiger partial charge in [0.25, 0.3) is 0 Å². The molecule has 4 nitrogen and oxygen atoms in total. The quantitative estimate of drug-likeness (QED) is 0.652. The van der Waals surface area contributed by atoms with Gasteiger partial charge in [0.05, 0.1) is 0 Å². The second-order valence-corrected chi connectivity index (χ2v) is 7.44. The largest absolute Gasteiger partial charge is 0.371 e. The van der Waals surface area contributed by atoms with Crippen LogP contribution in [0.2, 0.25) is 0 Å². The molecule has 0 radical (unpaired) electrons. The molecule has 2 aliphatic rings. The Bertz CT molecular complexity index is 769. The van der Waals surface area contributed by atoms with Crippen molar-refractivity contribution in [2.75, 3.05) is 29.9 Å². The van der Waals surface area contributed by atoms with Crippen molar-refractivity contribution in [3.63, 3.8) is 0 Å². The van der Waals surface area contributed by atoms with E-state index in [1.807, 2.05) is 0 Å². The molecular weight excluding hydrogens is 320 g/mol. The van der Waals surface area contributed by atoms with Crippen LogP contribution in [0.3, 0.4) is 0 Å². The third kappa shape index (κ3) is 3.85. The van der Waals surface area contributed by atoms with E-state index in [4.69, 9.17) is 5.73 Å². The number of guanidine groups is 1. The third-order valence-electron chi connectivity index (χ3n) is 5.59. The van der Waals surface area contributed by atoms with Gasteiger partial charge in [0.15, 0.2) is 5.96 Å². The maximum atomic E-state index is 6.19. The summed E-state index contributed by atoms with van der Waals surface area (Å²) in [6.07, 6.45) is 6.05. The lowest BCUT2D eigenvalue weighted by Gasteiger charge is -2.20.